The Morgan fingerprint density at radius 2 is 1.95 bits per heavy atom. The van der Waals surface area contributed by atoms with E-state index in [4.69, 9.17) is 0 Å². The van der Waals surface area contributed by atoms with Crippen LogP contribution in [0.4, 0.5) is 5.69 Å². The maximum atomic E-state index is 12.0. The highest BCUT2D eigenvalue weighted by molar-refractivity contribution is 5.96. The lowest BCUT2D eigenvalue weighted by atomic mass is 10.1. The number of non-ortho nitro benzene ring substituents is 1. The average molecular weight is 289 g/mol. The summed E-state index contributed by atoms with van der Waals surface area (Å²) in [5.41, 5.74) is -1.67. The number of rotatable bonds is 4. The van der Waals surface area contributed by atoms with E-state index in [1.54, 1.807) is 0 Å². The Morgan fingerprint density at radius 1 is 1.24 bits per heavy atom. The van der Waals surface area contributed by atoms with Crippen LogP contribution in [0.5, 0.6) is 0 Å². The van der Waals surface area contributed by atoms with Crippen LogP contribution in [0.3, 0.4) is 0 Å². The average Bonchev–Trinajstić information content (AvgIpc) is 2.48. The number of nitro benzene ring substituents is 1. The Bertz CT molecular complexity index is 834. The van der Waals surface area contributed by atoms with Crippen molar-refractivity contribution in [3.8, 4) is 0 Å². The second-order valence-electron chi connectivity index (χ2n) is 4.38. The lowest BCUT2D eigenvalue weighted by Gasteiger charge is -2.05. The van der Waals surface area contributed by atoms with Gasteiger partial charge < -0.3 is 9.13 Å². The fourth-order valence-corrected chi connectivity index (χ4v) is 1.75. The zero-order valence-corrected chi connectivity index (χ0v) is 11.1. The summed E-state index contributed by atoms with van der Waals surface area (Å²) in [4.78, 5) is 45.3. The van der Waals surface area contributed by atoms with Crippen LogP contribution in [0.1, 0.15) is 10.4 Å². The fraction of sp³-hybridized carbons (Fsp3) is 0.154. The number of nitrogens with zero attached hydrogens (tertiary/aromatic N) is 3. The molecule has 21 heavy (non-hydrogen) atoms. The molecular formula is C13H11N3O5. The molecule has 0 atom stereocenters. The minimum Gasteiger partial charge on any atom is -0.312 e. The third-order valence-corrected chi connectivity index (χ3v) is 2.93. The molecular weight excluding hydrogens is 278 g/mol. The Hall–Kier alpha value is -3.03. The SMILES string of the molecule is Cn1ccn(CC(=O)c2cccc([N+](=O)[O-])c2)c(=O)c1=O. The van der Waals surface area contributed by atoms with Gasteiger partial charge in [0.05, 0.1) is 11.5 Å². The molecule has 0 aliphatic heterocycles. The van der Waals surface area contributed by atoms with Gasteiger partial charge in [0.15, 0.2) is 5.78 Å². The smallest absolute Gasteiger partial charge is 0.312 e. The molecule has 8 nitrogen and oxygen atoms in total. The molecule has 8 heteroatoms. The molecule has 1 heterocycles. The van der Waals surface area contributed by atoms with Gasteiger partial charge in [-0.1, -0.05) is 12.1 Å². The van der Waals surface area contributed by atoms with Crippen LogP contribution >= 0.6 is 0 Å². The van der Waals surface area contributed by atoms with Crippen LogP contribution in [0, 0.1) is 10.1 Å². The van der Waals surface area contributed by atoms with Gasteiger partial charge in [-0.05, 0) is 0 Å². The predicted octanol–water partition coefficient (Wildman–Crippen LogP) is 0.338. The van der Waals surface area contributed by atoms with Gasteiger partial charge in [0.25, 0.3) is 5.69 Å². The van der Waals surface area contributed by atoms with Gasteiger partial charge in [-0.2, -0.15) is 0 Å². The van der Waals surface area contributed by atoms with E-state index in [9.17, 15) is 24.5 Å². The van der Waals surface area contributed by atoms with Gasteiger partial charge >= 0.3 is 11.1 Å². The maximum absolute atomic E-state index is 12.0. The topological polar surface area (TPSA) is 104 Å². The molecule has 2 aromatic rings. The highest BCUT2D eigenvalue weighted by Gasteiger charge is 2.13. The number of Topliss-reactive ketones (excluding diaryl/α,β-unsaturated/α-hetero) is 1. The number of benzene rings is 1. The maximum Gasteiger partial charge on any atom is 0.316 e. The molecule has 108 valence electrons. The molecule has 0 aliphatic carbocycles. The molecule has 1 aromatic heterocycles. The molecule has 1 aromatic carbocycles. The number of hydrogen-bond acceptors (Lipinski definition) is 5. The van der Waals surface area contributed by atoms with Gasteiger partial charge in [0.1, 0.15) is 0 Å². The Morgan fingerprint density at radius 3 is 2.62 bits per heavy atom. The summed E-state index contributed by atoms with van der Waals surface area (Å²) >= 11 is 0. The summed E-state index contributed by atoms with van der Waals surface area (Å²) in [5, 5.41) is 10.7. The first-order chi connectivity index (χ1) is 9.90. The van der Waals surface area contributed by atoms with E-state index in [1.807, 2.05) is 0 Å². The fourth-order valence-electron chi connectivity index (χ4n) is 1.75. The summed E-state index contributed by atoms with van der Waals surface area (Å²) in [6.45, 7) is -0.351. The van der Waals surface area contributed by atoms with Crippen molar-refractivity contribution in [2.75, 3.05) is 0 Å². The normalized spacial score (nSPS) is 10.3. The lowest BCUT2D eigenvalue weighted by molar-refractivity contribution is -0.384. The molecule has 0 radical (unpaired) electrons. The number of hydrogen-bond donors (Lipinski definition) is 0. The van der Waals surface area contributed by atoms with Crippen LogP contribution in [-0.2, 0) is 13.6 Å². The molecule has 0 fully saturated rings. The number of aryl methyl sites for hydroxylation is 1. The molecule has 0 bridgehead atoms. The largest absolute Gasteiger partial charge is 0.316 e. The first-order valence-corrected chi connectivity index (χ1v) is 5.94. The molecule has 0 saturated heterocycles. The first-order valence-electron chi connectivity index (χ1n) is 5.94. The van der Waals surface area contributed by atoms with Crippen LogP contribution in [0.15, 0.2) is 46.2 Å². The van der Waals surface area contributed by atoms with Gasteiger partial charge in [0, 0.05) is 37.1 Å². The number of carbonyl (C=O) groups excluding carboxylic acids is 1. The number of carbonyl (C=O) groups is 1. The van der Waals surface area contributed by atoms with Crippen LogP contribution in [0.2, 0.25) is 0 Å². The second-order valence-corrected chi connectivity index (χ2v) is 4.38. The summed E-state index contributed by atoms with van der Waals surface area (Å²) in [5.74, 6) is -0.492. The van der Waals surface area contributed by atoms with Gasteiger partial charge in [-0.3, -0.25) is 24.5 Å². The van der Waals surface area contributed by atoms with E-state index >= 15 is 0 Å². The standard InChI is InChI=1S/C13H11N3O5/c1-14-5-6-15(13(19)12(14)18)8-11(17)9-3-2-4-10(7-9)16(20)21/h2-7H,8H2,1H3. The molecule has 0 N–H and O–H groups in total. The Labute approximate surface area is 118 Å². The minimum absolute atomic E-state index is 0.108. The summed E-state index contributed by atoms with van der Waals surface area (Å²) < 4.78 is 2.08. The minimum atomic E-state index is -0.821. The van der Waals surface area contributed by atoms with Crippen molar-refractivity contribution in [3.63, 3.8) is 0 Å². The van der Waals surface area contributed by atoms with Gasteiger partial charge in [-0.25, -0.2) is 0 Å². The quantitative estimate of drug-likeness (QED) is 0.349. The number of ketones is 1. The Balaban J connectivity index is 2.33. The van der Waals surface area contributed by atoms with E-state index in [0.717, 1.165) is 15.2 Å². The van der Waals surface area contributed by atoms with Gasteiger partial charge in [0.2, 0.25) is 0 Å². The van der Waals surface area contributed by atoms with Crippen LogP contribution < -0.4 is 11.1 Å². The van der Waals surface area contributed by atoms with E-state index in [-0.39, 0.29) is 17.8 Å². The monoisotopic (exact) mass is 289 g/mol. The summed E-state index contributed by atoms with van der Waals surface area (Å²) in [7, 11) is 1.43. The van der Waals surface area contributed by atoms with E-state index in [0.29, 0.717) is 0 Å². The number of nitro groups is 1. The highest BCUT2D eigenvalue weighted by atomic mass is 16.6. The third-order valence-electron chi connectivity index (χ3n) is 2.93. The third kappa shape index (κ3) is 2.94. The Kier molecular flexibility index (Phi) is 3.79. The second kappa shape index (κ2) is 5.53. The van der Waals surface area contributed by atoms with Crippen molar-refractivity contribution >= 4 is 11.5 Å². The zero-order valence-electron chi connectivity index (χ0n) is 11.1. The van der Waals surface area contributed by atoms with Crippen LogP contribution in [0.25, 0.3) is 0 Å². The van der Waals surface area contributed by atoms with Crippen molar-refractivity contribution in [2.24, 2.45) is 7.05 Å². The van der Waals surface area contributed by atoms with Crippen molar-refractivity contribution in [3.05, 3.63) is 73.0 Å². The summed E-state index contributed by atoms with van der Waals surface area (Å²) in [6.07, 6.45) is 2.68. The van der Waals surface area contributed by atoms with Crippen molar-refractivity contribution in [2.45, 2.75) is 6.54 Å². The number of aromatic nitrogens is 2. The van der Waals surface area contributed by atoms with Crippen molar-refractivity contribution in [1.82, 2.24) is 9.13 Å². The molecule has 0 spiro atoms. The van der Waals surface area contributed by atoms with Crippen LogP contribution in [-0.4, -0.2) is 19.8 Å². The summed E-state index contributed by atoms with van der Waals surface area (Å²) in [6, 6.07) is 5.20. The highest BCUT2D eigenvalue weighted by Crippen LogP contribution is 2.13. The first kappa shape index (κ1) is 14.4. The van der Waals surface area contributed by atoms with Gasteiger partial charge in [-0.15, -0.1) is 0 Å². The zero-order chi connectivity index (χ0) is 15.6. The lowest BCUT2D eigenvalue weighted by Crippen LogP contribution is -2.40. The van der Waals surface area contributed by atoms with Crippen molar-refractivity contribution < 1.29 is 9.72 Å². The van der Waals surface area contributed by atoms with E-state index < -0.39 is 21.8 Å². The van der Waals surface area contributed by atoms with Crippen molar-refractivity contribution in [1.29, 1.82) is 0 Å². The molecule has 0 saturated carbocycles. The predicted molar refractivity (Wildman–Crippen MR) is 73.4 cm³/mol. The molecule has 0 unspecified atom stereocenters. The van der Waals surface area contributed by atoms with E-state index in [1.165, 1.54) is 37.6 Å². The molecule has 0 amide bonds. The van der Waals surface area contributed by atoms with E-state index in [2.05, 4.69) is 0 Å². The molecule has 0 aliphatic rings. The molecule has 2 rings (SSSR count).